The topological polar surface area (TPSA) is 99.2 Å². The third-order valence-electron chi connectivity index (χ3n) is 6.91. The van der Waals surface area contributed by atoms with Crippen molar-refractivity contribution in [3.05, 3.63) is 93.8 Å². The van der Waals surface area contributed by atoms with Crippen LogP contribution in [-0.2, 0) is 17.9 Å². The summed E-state index contributed by atoms with van der Waals surface area (Å²) in [4.78, 5) is 39.2. The number of nitrogens with zero attached hydrogens (tertiary/aromatic N) is 2. The Balaban J connectivity index is 1.58. The fraction of sp³-hybridized carbons (Fsp3) is 0.276. The van der Waals surface area contributed by atoms with Gasteiger partial charge in [0, 0.05) is 61.0 Å². The number of carbonyl (C=O) groups is 3. The number of ether oxygens (including phenoxy) is 1. The summed E-state index contributed by atoms with van der Waals surface area (Å²) in [5, 5.41) is 11.0. The Morgan fingerprint density at radius 3 is 2.19 bits per heavy atom. The molecule has 0 aromatic heterocycles. The molecule has 0 saturated heterocycles. The summed E-state index contributed by atoms with van der Waals surface area (Å²) in [5.74, 6) is -7.41. The number of urea groups is 1. The van der Waals surface area contributed by atoms with E-state index in [1.807, 2.05) is 0 Å². The number of carboxylic acids is 1. The summed E-state index contributed by atoms with van der Waals surface area (Å²) < 4.78 is 76.5. The number of carboxylic acid groups (broad SMARTS) is 1. The molecule has 3 aromatic carbocycles. The van der Waals surface area contributed by atoms with E-state index in [9.17, 15) is 27.6 Å². The second-order valence-corrected chi connectivity index (χ2v) is 9.67. The highest BCUT2D eigenvalue weighted by Crippen LogP contribution is 2.38. The molecule has 0 fully saturated rings. The molecular weight excluding hydrogens is 565 g/mol. The maximum Gasteiger partial charge on any atom is 0.325 e. The molecule has 3 aromatic rings. The number of rotatable bonds is 10. The Hall–Kier alpha value is -4.68. The van der Waals surface area contributed by atoms with Crippen LogP contribution in [0.4, 0.5) is 32.4 Å². The number of anilines is 1. The zero-order chi connectivity index (χ0) is 30.7. The van der Waals surface area contributed by atoms with Gasteiger partial charge >= 0.3 is 12.0 Å². The van der Waals surface area contributed by atoms with Gasteiger partial charge in [-0.1, -0.05) is 6.07 Å². The fourth-order valence-electron chi connectivity index (χ4n) is 4.49. The number of nitrogens with one attached hydrogen (secondary N) is 1. The standard InChI is InChI=1S/C29H26F5N3O5/c1-15-19-6-5-16(28(40)35-13-20-22(31)9-17(30)10-23(20)32)8-26(19)37(29(41)36(15)2)14-21-24(33)11-18(12-25(21)34)42-7-3-4-27(38)39/h5-6,8-12,15H,3-4,7,13-14H2,1-2H3,(H,35,40)(H,38,39). The first-order valence-corrected chi connectivity index (χ1v) is 12.8. The molecule has 1 aliphatic heterocycles. The third kappa shape index (κ3) is 6.45. The van der Waals surface area contributed by atoms with Crippen molar-refractivity contribution in [2.75, 3.05) is 18.6 Å². The highest BCUT2D eigenvalue weighted by Gasteiger charge is 2.35. The van der Waals surface area contributed by atoms with Gasteiger partial charge in [0.1, 0.15) is 34.8 Å². The first kappa shape index (κ1) is 30.3. The number of amides is 3. The average Bonchev–Trinajstić information content (AvgIpc) is 2.92. The molecule has 13 heteroatoms. The van der Waals surface area contributed by atoms with Crippen LogP contribution >= 0.6 is 0 Å². The zero-order valence-electron chi connectivity index (χ0n) is 22.5. The quantitative estimate of drug-likeness (QED) is 0.233. The van der Waals surface area contributed by atoms with Crippen molar-refractivity contribution >= 4 is 23.6 Å². The van der Waals surface area contributed by atoms with Crippen molar-refractivity contribution in [3.63, 3.8) is 0 Å². The van der Waals surface area contributed by atoms with Gasteiger partial charge in [-0.2, -0.15) is 0 Å². The Morgan fingerprint density at radius 2 is 1.57 bits per heavy atom. The molecular formula is C29H26F5N3O5. The van der Waals surface area contributed by atoms with Crippen LogP contribution in [0.3, 0.4) is 0 Å². The van der Waals surface area contributed by atoms with Gasteiger partial charge < -0.3 is 20.1 Å². The smallest absolute Gasteiger partial charge is 0.325 e. The minimum atomic E-state index is -1.17. The van der Waals surface area contributed by atoms with Crippen LogP contribution in [0, 0.1) is 29.1 Å². The van der Waals surface area contributed by atoms with Gasteiger partial charge in [0.25, 0.3) is 5.91 Å². The molecule has 0 spiro atoms. The van der Waals surface area contributed by atoms with Gasteiger partial charge in [-0.3, -0.25) is 14.5 Å². The Labute approximate surface area is 237 Å². The van der Waals surface area contributed by atoms with E-state index in [0.717, 1.165) is 17.0 Å². The van der Waals surface area contributed by atoms with Crippen LogP contribution in [0.5, 0.6) is 5.75 Å². The van der Waals surface area contributed by atoms with Crippen molar-refractivity contribution in [3.8, 4) is 5.75 Å². The van der Waals surface area contributed by atoms with E-state index in [2.05, 4.69) is 5.32 Å². The number of fused-ring (bicyclic) bond motifs is 1. The van der Waals surface area contributed by atoms with Crippen molar-refractivity contribution in [2.45, 2.75) is 38.9 Å². The molecule has 1 unspecified atom stereocenters. The lowest BCUT2D eigenvalue weighted by Gasteiger charge is -2.39. The van der Waals surface area contributed by atoms with Crippen LogP contribution in [0.2, 0.25) is 0 Å². The Bertz CT molecular complexity index is 1500. The molecule has 0 radical (unpaired) electrons. The van der Waals surface area contributed by atoms with E-state index in [4.69, 9.17) is 9.84 Å². The molecule has 0 saturated carbocycles. The minimum absolute atomic E-state index is 0.00252. The Kier molecular flexibility index (Phi) is 8.98. The van der Waals surface area contributed by atoms with E-state index in [0.29, 0.717) is 17.7 Å². The van der Waals surface area contributed by atoms with Gasteiger partial charge in [-0.15, -0.1) is 0 Å². The maximum absolute atomic E-state index is 15.0. The highest BCUT2D eigenvalue weighted by atomic mass is 19.2. The highest BCUT2D eigenvalue weighted by molar-refractivity contribution is 5.99. The van der Waals surface area contributed by atoms with Crippen LogP contribution in [0.15, 0.2) is 42.5 Å². The number of carbonyl (C=O) groups excluding carboxylic acids is 2. The molecule has 8 nitrogen and oxygen atoms in total. The number of halogens is 5. The second kappa shape index (κ2) is 12.5. The van der Waals surface area contributed by atoms with Gasteiger partial charge in [-0.05, 0) is 31.0 Å². The lowest BCUT2D eigenvalue weighted by molar-refractivity contribution is -0.137. The lowest BCUT2D eigenvalue weighted by Crippen LogP contribution is -2.47. The lowest BCUT2D eigenvalue weighted by atomic mass is 9.98. The molecule has 1 atom stereocenters. The summed E-state index contributed by atoms with van der Waals surface area (Å²) in [6.07, 6.45) is -0.0426. The van der Waals surface area contributed by atoms with Crippen molar-refractivity contribution in [1.29, 1.82) is 0 Å². The molecule has 42 heavy (non-hydrogen) atoms. The minimum Gasteiger partial charge on any atom is -0.493 e. The zero-order valence-corrected chi connectivity index (χ0v) is 22.5. The van der Waals surface area contributed by atoms with E-state index in [1.165, 1.54) is 24.1 Å². The van der Waals surface area contributed by atoms with Crippen molar-refractivity contribution in [2.24, 2.45) is 0 Å². The number of benzene rings is 3. The van der Waals surface area contributed by atoms with Crippen LogP contribution in [0.25, 0.3) is 0 Å². The van der Waals surface area contributed by atoms with Crippen LogP contribution in [0.1, 0.15) is 52.9 Å². The molecule has 1 aliphatic rings. The van der Waals surface area contributed by atoms with E-state index >= 15 is 8.78 Å². The van der Waals surface area contributed by atoms with Gasteiger partial charge in [0.15, 0.2) is 0 Å². The van der Waals surface area contributed by atoms with E-state index < -0.39 is 77.3 Å². The molecule has 4 rings (SSSR count). The third-order valence-corrected chi connectivity index (χ3v) is 6.91. The van der Waals surface area contributed by atoms with Crippen molar-refractivity contribution in [1.82, 2.24) is 10.2 Å². The predicted molar refractivity (Wildman–Crippen MR) is 140 cm³/mol. The molecule has 0 aliphatic carbocycles. The van der Waals surface area contributed by atoms with E-state index in [-0.39, 0.29) is 36.4 Å². The average molecular weight is 592 g/mol. The molecule has 3 amide bonds. The number of hydrogen-bond acceptors (Lipinski definition) is 4. The molecule has 1 heterocycles. The summed E-state index contributed by atoms with van der Waals surface area (Å²) in [6.45, 7) is 0.524. The first-order chi connectivity index (χ1) is 19.9. The second-order valence-electron chi connectivity index (χ2n) is 9.67. The summed E-state index contributed by atoms with van der Waals surface area (Å²) >= 11 is 0. The molecule has 222 valence electrons. The number of aliphatic carboxylic acids is 1. The predicted octanol–water partition coefficient (Wildman–Crippen LogP) is 5.69. The SMILES string of the molecule is CC1c2ccc(C(=O)NCc3c(F)cc(F)cc3F)cc2N(Cc2c(F)cc(OCCCC(=O)O)cc2F)C(=O)N1C. The normalized spacial score (nSPS) is 14.5. The van der Waals surface area contributed by atoms with Gasteiger partial charge in [0.2, 0.25) is 0 Å². The number of hydrogen-bond donors (Lipinski definition) is 2. The Morgan fingerprint density at radius 1 is 0.952 bits per heavy atom. The van der Waals surface area contributed by atoms with Gasteiger partial charge in [0.05, 0.1) is 24.9 Å². The maximum atomic E-state index is 15.0. The van der Waals surface area contributed by atoms with Crippen LogP contribution < -0.4 is 15.0 Å². The van der Waals surface area contributed by atoms with E-state index in [1.54, 1.807) is 13.0 Å². The fourth-order valence-corrected chi connectivity index (χ4v) is 4.49. The monoisotopic (exact) mass is 591 g/mol. The molecule has 2 N–H and O–H groups in total. The molecule has 0 bridgehead atoms. The first-order valence-electron chi connectivity index (χ1n) is 12.8. The van der Waals surface area contributed by atoms with Crippen LogP contribution in [-0.4, -0.2) is 41.6 Å². The summed E-state index contributed by atoms with van der Waals surface area (Å²) in [5.41, 5.74) is -0.228. The summed E-state index contributed by atoms with van der Waals surface area (Å²) in [6, 6.07) is 6.10. The van der Waals surface area contributed by atoms with Gasteiger partial charge in [-0.25, -0.2) is 26.7 Å². The summed E-state index contributed by atoms with van der Waals surface area (Å²) in [7, 11) is 1.51. The largest absolute Gasteiger partial charge is 0.493 e. The van der Waals surface area contributed by atoms with Crippen molar-refractivity contribution < 1.29 is 46.2 Å².